The molecular formula is C14H20BrN3O2. The first-order chi connectivity index (χ1) is 9.43. The van der Waals surface area contributed by atoms with Gasteiger partial charge in [0, 0.05) is 17.1 Å². The minimum atomic E-state index is -0.471. The van der Waals surface area contributed by atoms with E-state index in [1.54, 1.807) is 13.8 Å². The summed E-state index contributed by atoms with van der Waals surface area (Å²) in [7, 11) is 0. The maximum atomic E-state index is 11.8. The van der Waals surface area contributed by atoms with Gasteiger partial charge in [-0.2, -0.15) is 0 Å². The van der Waals surface area contributed by atoms with Crippen LogP contribution in [0.4, 0.5) is 4.79 Å². The highest BCUT2D eigenvalue weighted by Crippen LogP contribution is 2.18. The third-order valence-electron chi connectivity index (χ3n) is 2.82. The zero-order valence-electron chi connectivity index (χ0n) is 11.9. The van der Waals surface area contributed by atoms with E-state index in [2.05, 4.69) is 31.9 Å². The third kappa shape index (κ3) is 5.30. The van der Waals surface area contributed by atoms with Crippen LogP contribution in [-0.4, -0.2) is 24.5 Å². The Bertz CT molecular complexity index is 479. The minimum absolute atomic E-state index is 0.00230. The number of rotatable bonds is 5. The summed E-state index contributed by atoms with van der Waals surface area (Å²) in [5.74, 6) is -0.349. The molecule has 0 saturated heterocycles. The topological polar surface area (TPSA) is 70.2 Å². The summed E-state index contributed by atoms with van der Waals surface area (Å²) in [6.45, 7) is 5.97. The Morgan fingerprint density at radius 1 is 1.30 bits per heavy atom. The molecule has 0 spiro atoms. The molecule has 0 aliphatic heterocycles. The number of hydrogen-bond acceptors (Lipinski definition) is 3. The van der Waals surface area contributed by atoms with Crippen LogP contribution in [0.1, 0.15) is 32.4 Å². The highest BCUT2D eigenvalue weighted by molar-refractivity contribution is 9.10. The molecule has 0 aliphatic carbocycles. The van der Waals surface area contributed by atoms with Gasteiger partial charge in [0.2, 0.25) is 5.91 Å². The molecule has 0 fully saturated rings. The summed E-state index contributed by atoms with van der Waals surface area (Å²) < 4.78 is 0.989. The predicted octanol–water partition coefficient (Wildman–Crippen LogP) is 2.33. The zero-order chi connectivity index (χ0) is 15.1. The molecule has 1 unspecified atom stereocenters. The number of urea groups is 1. The largest absolute Gasteiger partial charge is 0.338 e. The second-order valence-electron chi connectivity index (χ2n) is 4.51. The van der Waals surface area contributed by atoms with Crippen molar-refractivity contribution in [2.75, 3.05) is 6.54 Å². The Morgan fingerprint density at radius 3 is 2.60 bits per heavy atom. The summed E-state index contributed by atoms with van der Waals surface area (Å²) in [4.78, 5) is 23.1. The van der Waals surface area contributed by atoms with Crippen molar-refractivity contribution in [1.82, 2.24) is 16.0 Å². The van der Waals surface area contributed by atoms with Gasteiger partial charge in [0.25, 0.3) is 0 Å². The Labute approximate surface area is 127 Å². The molecule has 20 heavy (non-hydrogen) atoms. The van der Waals surface area contributed by atoms with Crippen LogP contribution in [0.25, 0.3) is 0 Å². The fraction of sp³-hybridized carbons (Fsp3) is 0.429. The standard InChI is InChI=1S/C14H20BrN3O2/c1-4-16-14(20)18-13(19)10(3)17-9(2)11-6-5-7-12(15)8-11/h5-10,17H,4H2,1-3H3,(H2,16,18,19,20)/t9-,10?/m0/s1. The quantitative estimate of drug-likeness (QED) is 0.769. The van der Waals surface area contributed by atoms with Gasteiger partial charge in [0.15, 0.2) is 0 Å². The molecule has 1 aromatic rings. The van der Waals surface area contributed by atoms with Gasteiger partial charge in [-0.3, -0.25) is 15.4 Å². The minimum Gasteiger partial charge on any atom is -0.338 e. The van der Waals surface area contributed by atoms with E-state index in [9.17, 15) is 9.59 Å². The first kappa shape index (κ1) is 16.7. The average Bonchev–Trinajstić information content (AvgIpc) is 2.38. The Balaban J connectivity index is 2.54. The fourth-order valence-electron chi connectivity index (χ4n) is 1.75. The van der Waals surface area contributed by atoms with Crippen molar-refractivity contribution in [3.8, 4) is 0 Å². The van der Waals surface area contributed by atoms with Gasteiger partial charge in [-0.25, -0.2) is 4.79 Å². The maximum Gasteiger partial charge on any atom is 0.321 e. The number of carbonyl (C=O) groups excluding carboxylic acids is 2. The van der Waals surface area contributed by atoms with Gasteiger partial charge in [-0.15, -0.1) is 0 Å². The summed E-state index contributed by atoms with van der Waals surface area (Å²) >= 11 is 3.42. The average molecular weight is 342 g/mol. The van der Waals surface area contributed by atoms with E-state index in [4.69, 9.17) is 0 Å². The van der Waals surface area contributed by atoms with Gasteiger partial charge in [0.1, 0.15) is 0 Å². The lowest BCUT2D eigenvalue weighted by Gasteiger charge is -2.20. The molecular weight excluding hydrogens is 322 g/mol. The van der Waals surface area contributed by atoms with Crippen molar-refractivity contribution in [3.63, 3.8) is 0 Å². The van der Waals surface area contributed by atoms with Crippen molar-refractivity contribution in [2.24, 2.45) is 0 Å². The first-order valence-corrected chi connectivity index (χ1v) is 7.33. The van der Waals surface area contributed by atoms with E-state index in [1.165, 1.54) is 0 Å². The van der Waals surface area contributed by atoms with Crippen molar-refractivity contribution >= 4 is 27.9 Å². The van der Waals surface area contributed by atoms with Crippen molar-refractivity contribution in [1.29, 1.82) is 0 Å². The Kier molecular flexibility index (Phi) is 6.67. The van der Waals surface area contributed by atoms with Crippen LogP contribution in [0.5, 0.6) is 0 Å². The molecule has 0 aliphatic rings. The van der Waals surface area contributed by atoms with Crippen molar-refractivity contribution in [2.45, 2.75) is 32.9 Å². The fourth-order valence-corrected chi connectivity index (χ4v) is 2.16. The van der Waals surface area contributed by atoms with Gasteiger partial charge < -0.3 is 5.32 Å². The zero-order valence-corrected chi connectivity index (χ0v) is 13.5. The van der Waals surface area contributed by atoms with Crippen LogP contribution < -0.4 is 16.0 Å². The molecule has 0 heterocycles. The Morgan fingerprint density at radius 2 is 2.00 bits per heavy atom. The summed E-state index contributed by atoms with van der Waals surface area (Å²) in [6.07, 6.45) is 0. The second kappa shape index (κ2) is 8.01. The summed E-state index contributed by atoms with van der Waals surface area (Å²) in [5.41, 5.74) is 1.07. The van der Waals surface area contributed by atoms with Crippen molar-refractivity contribution in [3.05, 3.63) is 34.3 Å². The SMILES string of the molecule is CCNC(=O)NC(=O)C(C)N[C@@H](C)c1cccc(Br)c1. The number of amides is 3. The number of carbonyl (C=O) groups is 2. The normalized spacial score (nSPS) is 13.4. The van der Waals surface area contributed by atoms with Crippen molar-refractivity contribution < 1.29 is 9.59 Å². The van der Waals surface area contributed by atoms with Crippen LogP contribution in [0.2, 0.25) is 0 Å². The molecule has 1 rings (SSSR count). The maximum absolute atomic E-state index is 11.8. The molecule has 0 aromatic heterocycles. The van der Waals surface area contributed by atoms with Crippen LogP contribution in [0.3, 0.4) is 0 Å². The predicted molar refractivity (Wildman–Crippen MR) is 82.4 cm³/mol. The molecule has 3 amide bonds. The second-order valence-corrected chi connectivity index (χ2v) is 5.43. The monoisotopic (exact) mass is 341 g/mol. The van der Waals surface area contributed by atoms with Crippen LogP contribution in [0, 0.1) is 0 Å². The first-order valence-electron chi connectivity index (χ1n) is 6.54. The van der Waals surface area contributed by atoms with E-state index in [1.807, 2.05) is 31.2 Å². The molecule has 6 heteroatoms. The smallest absolute Gasteiger partial charge is 0.321 e. The van der Waals surface area contributed by atoms with Crippen LogP contribution >= 0.6 is 15.9 Å². The molecule has 3 N–H and O–H groups in total. The van der Waals surface area contributed by atoms with Gasteiger partial charge in [0.05, 0.1) is 6.04 Å². The molecule has 2 atom stereocenters. The summed E-state index contributed by atoms with van der Waals surface area (Å²) in [5, 5.41) is 7.96. The van der Waals surface area contributed by atoms with Gasteiger partial charge >= 0.3 is 6.03 Å². The van der Waals surface area contributed by atoms with Gasteiger partial charge in [-0.1, -0.05) is 28.1 Å². The van der Waals surface area contributed by atoms with E-state index in [0.717, 1.165) is 10.0 Å². The molecule has 0 saturated carbocycles. The molecule has 0 bridgehead atoms. The third-order valence-corrected chi connectivity index (χ3v) is 3.31. The van der Waals surface area contributed by atoms with E-state index >= 15 is 0 Å². The highest BCUT2D eigenvalue weighted by Gasteiger charge is 2.18. The van der Waals surface area contributed by atoms with Crippen LogP contribution in [0.15, 0.2) is 28.7 Å². The number of halogens is 1. The number of benzene rings is 1. The molecule has 0 radical (unpaired) electrons. The van der Waals surface area contributed by atoms with Crippen LogP contribution in [-0.2, 0) is 4.79 Å². The lowest BCUT2D eigenvalue weighted by molar-refractivity contribution is -0.121. The number of imide groups is 1. The molecule has 5 nitrogen and oxygen atoms in total. The lowest BCUT2D eigenvalue weighted by Crippen LogP contribution is -2.48. The number of nitrogens with one attached hydrogen (secondary N) is 3. The van der Waals surface area contributed by atoms with E-state index < -0.39 is 12.1 Å². The number of hydrogen-bond donors (Lipinski definition) is 3. The molecule has 1 aromatic carbocycles. The lowest BCUT2D eigenvalue weighted by atomic mass is 10.1. The highest BCUT2D eigenvalue weighted by atomic mass is 79.9. The summed E-state index contributed by atoms with van der Waals surface area (Å²) in [6, 6.07) is 6.93. The Hall–Kier alpha value is -1.40. The molecule has 110 valence electrons. The van der Waals surface area contributed by atoms with E-state index in [0.29, 0.717) is 6.54 Å². The van der Waals surface area contributed by atoms with E-state index in [-0.39, 0.29) is 11.9 Å². The van der Waals surface area contributed by atoms with Gasteiger partial charge in [-0.05, 0) is 38.5 Å².